The Morgan fingerprint density at radius 1 is 1.47 bits per heavy atom. The SMILES string of the molecule is CCC(=O)[C@@H]1CCCN(c2ccc(F)cc2C)C1=O. The molecule has 19 heavy (non-hydrogen) atoms. The van der Waals surface area contributed by atoms with Gasteiger partial charge in [0.1, 0.15) is 11.6 Å². The Morgan fingerprint density at radius 3 is 2.84 bits per heavy atom. The second-order valence-electron chi connectivity index (χ2n) is 4.94. The van der Waals surface area contributed by atoms with Crippen LogP contribution in [0, 0.1) is 18.7 Å². The molecule has 2 rings (SSSR count). The summed E-state index contributed by atoms with van der Waals surface area (Å²) in [7, 11) is 0. The molecule has 1 saturated heterocycles. The number of carbonyl (C=O) groups is 2. The van der Waals surface area contributed by atoms with Crippen LogP contribution < -0.4 is 4.90 Å². The van der Waals surface area contributed by atoms with E-state index in [0.29, 0.717) is 25.1 Å². The second kappa shape index (κ2) is 5.51. The van der Waals surface area contributed by atoms with Crippen molar-refractivity contribution >= 4 is 17.4 Å². The van der Waals surface area contributed by atoms with Gasteiger partial charge in [-0.05, 0) is 43.5 Å². The van der Waals surface area contributed by atoms with E-state index in [1.807, 2.05) is 0 Å². The summed E-state index contributed by atoms with van der Waals surface area (Å²) in [5.74, 6) is -0.989. The third kappa shape index (κ3) is 2.67. The van der Waals surface area contributed by atoms with Crippen LogP contribution in [0.2, 0.25) is 0 Å². The molecule has 1 aliphatic rings. The van der Waals surface area contributed by atoms with Gasteiger partial charge in [0, 0.05) is 18.7 Å². The Bertz CT molecular complexity index is 513. The number of Topliss-reactive ketones (excluding diaryl/α,β-unsaturated/α-hetero) is 1. The molecule has 0 unspecified atom stereocenters. The molecule has 3 nitrogen and oxygen atoms in total. The third-order valence-corrected chi connectivity index (χ3v) is 3.63. The van der Waals surface area contributed by atoms with Crippen molar-refractivity contribution in [1.82, 2.24) is 0 Å². The number of ketones is 1. The molecule has 0 aliphatic carbocycles. The molecule has 0 bridgehead atoms. The number of piperidine rings is 1. The lowest BCUT2D eigenvalue weighted by Gasteiger charge is -2.32. The van der Waals surface area contributed by atoms with Crippen molar-refractivity contribution in [1.29, 1.82) is 0 Å². The zero-order chi connectivity index (χ0) is 14.0. The first-order valence-electron chi connectivity index (χ1n) is 6.64. The first-order chi connectivity index (χ1) is 9.04. The van der Waals surface area contributed by atoms with Crippen LogP contribution in [0.5, 0.6) is 0 Å². The van der Waals surface area contributed by atoms with Crippen molar-refractivity contribution in [2.75, 3.05) is 11.4 Å². The lowest BCUT2D eigenvalue weighted by Crippen LogP contribution is -2.44. The van der Waals surface area contributed by atoms with Crippen molar-refractivity contribution in [3.05, 3.63) is 29.6 Å². The number of nitrogens with zero attached hydrogens (tertiary/aromatic N) is 1. The lowest BCUT2D eigenvalue weighted by atomic mass is 9.91. The fourth-order valence-electron chi connectivity index (χ4n) is 2.58. The van der Waals surface area contributed by atoms with Gasteiger partial charge in [-0.15, -0.1) is 0 Å². The highest BCUT2D eigenvalue weighted by Crippen LogP contribution is 2.28. The maximum atomic E-state index is 13.1. The number of benzene rings is 1. The molecule has 1 atom stereocenters. The molecule has 1 fully saturated rings. The zero-order valence-corrected chi connectivity index (χ0v) is 11.3. The van der Waals surface area contributed by atoms with Gasteiger partial charge in [-0.2, -0.15) is 0 Å². The maximum Gasteiger partial charge on any atom is 0.237 e. The van der Waals surface area contributed by atoms with Gasteiger partial charge in [0.2, 0.25) is 5.91 Å². The molecule has 1 aromatic carbocycles. The molecule has 0 saturated carbocycles. The monoisotopic (exact) mass is 263 g/mol. The number of hydrogen-bond acceptors (Lipinski definition) is 2. The Kier molecular flexibility index (Phi) is 3.98. The zero-order valence-electron chi connectivity index (χ0n) is 11.3. The van der Waals surface area contributed by atoms with Crippen LogP contribution in [0.15, 0.2) is 18.2 Å². The van der Waals surface area contributed by atoms with Crippen LogP contribution in [0.3, 0.4) is 0 Å². The average Bonchev–Trinajstić information content (AvgIpc) is 2.39. The van der Waals surface area contributed by atoms with Gasteiger partial charge in [-0.1, -0.05) is 6.92 Å². The summed E-state index contributed by atoms with van der Waals surface area (Å²) in [6, 6.07) is 4.37. The van der Waals surface area contributed by atoms with Gasteiger partial charge >= 0.3 is 0 Å². The molecule has 1 heterocycles. The van der Waals surface area contributed by atoms with E-state index < -0.39 is 5.92 Å². The van der Waals surface area contributed by atoms with Crippen molar-refractivity contribution in [2.24, 2.45) is 5.92 Å². The Balaban J connectivity index is 2.29. The summed E-state index contributed by atoms with van der Waals surface area (Å²) in [6.45, 7) is 4.15. The number of carbonyl (C=O) groups excluding carboxylic acids is 2. The minimum absolute atomic E-state index is 0.00513. The van der Waals surface area contributed by atoms with Crippen molar-refractivity contribution in [2.45, 2.75) is 33.1 Å². The van der Waals surface area contributed by atoms with Gasteiger partial charge in [0.05, 0.1) is 5.92 Å². The number of amides is 1. The van der Waals surface area contributed by atoms with Gasteiger partial charge < -0.3 is 4.90 Å². The minimum Gasteiger partial charge on any atom is -0.312 e. The average molecular weight is 263 g/mol. The Morgan fingerprint density at radius 2 is 2.21 bits per heavy atom. The molecular formula is C15H18FNO2. The van der Waals surface area contributed by atoms with Crippen LogP contribution >= 0.6 is 0 Å². The van der Waals surface area contributed by atoms with E-state index in [4.69, 9.17) is 0 Å². The minimum atomic E-state index is -0.525. The standard InChI is InChI=1S/C15H18FNO2/c1-3-14(18)12-5-4-8-17(15(12)19)13-7-6-11(16)9-10(13)2/h6-7,9,12H,3-5,8H2,1-2H3/t12-/m0/s1. The summed E-state index contributed by atoms with van der Waals surface area (Å²) in [6.07, 6.45) is 1.81. The first-order valence-corrected chi connectivity index (χ1v) is 6.64. The fraction of sp³-hybridized carbons (Fsp3) is 0.467. The summed E-state index contributed by atoms with van der Waals surface area (Å²) < 4.78 is 13.1. The molecule has 1 aromatic rings. The highest BCUT2D eigenvalue weighted by molar-refractivity contribution is 6.09. The van der Waals surface area contributed by atoms with Crippen LogP contribution in [-0.4, -0.2) is 18.2 Å². The Labute approximate surface area is 112 Å². The number of hydrogen-bond donors (Lipinski definition) is 0. The van der Waals surface area contributed by atoms with E-state index in [1.54, 1.807) is 24.8 Å². The van der Waals surface area contributed by atoms with Crippen LogP contribution in [-0.2, 0) is 9.59 Å². The van der Waals surface area contributed by atoms with E-state index in [0.717, 1.165) is 12.0 Å². The number of rotatable bonds is 3. The van der Waals surface area contributed by atoms with Crippen molar-refractivity contribution in [3.8, 4) is 0 Å². The number of halogens is 1. The van der Waals surface area contributed by atoms with E-state index >= 15 is 0 Å². The maximum absolute atomic E-state index is 13.1. The van der Waals surface area contributed by atoms with Crippen molar-refractivity contribution in [3.63, 3.8) is 0 Å². The summed E-state index contributed by atoms with van der Waals surface area (Å²) in [5, 5.41) is 0. The summed E-state index contributed by atoms with van der Waals surface area (Å²) in [4.78, 5) is 25.8. The highest BCUT2D eigenvalue weighted by atomic mass is 19.1. The summed E-state index contributed by atoms with van der Waals surface area (Å²) in [5.41, 5.74) is 1.43. The van der Waals surface area contributed by atoms with E-state index in [9.17, 15) is 14.0 Å². The topological polar surface area (TPSA) is 37.4 Å². The van der Waals surface area contributed by atoms with Gasteiger partial charge in [-0.25, -0.2) is 4.39 Å². The molecular weight excluding hydrogens is 245 g/mol. The third-order valence-electron chi connectivity index (χ3n) is 3.63. The highest BCUT2D eigenvalue weighted by Gasteiger charge is 2.34. The second-order valence-corrected chi connectivity index (χ2v) is 4.94. The van der Waals surface area contributed by atoms with E-state index in [2.05, 4.69) is 0 Å². The van der Waals surface area contributed by atoms with Crippen LogP contribution in [0.4, 0.5) is 10.1 Å². The number of anilines is 1. The van der Waals surface area contributed by atoms with E-state index in [-0.39, 0.29) is 17.5 Å². The predicted octanol–water partition coefficient (Wildman–Crippen LogP) is 2.86. The summed E-state index contributed by atoms with van der Waals surface area (Å²) >= 11 is 0. The quantitative estimate of drug-likeness (QED) is 0.786. The van der Waals surface area contributed by atoms with Crippen LogP contribution in [0.1, 0.15) is 31.7 Å². The number of aryl methyl sites for hydroxylation is 1. The molecule has 0 aromatic heterocycles. The van der Waals surface area contributed by atoms with Crippen LogP contribution in [0.25, 0.3) is 0 Å². The molecule has 0 N–H and O–H groups in total. The fourth-order valence-corrected chi connectivity index (χ4v) is 2.58. The molecule has 1 amide bonds. The molecule has 0 radical (unpaired) electrons. The lowest BCUT2D eigenvalue weighted by molar-refractivity contribution is -0.133. The first kappa shape index (κ1) is 13.7. The van der Waals surface area contributed by atoms with E-state index in [1.165, 1.54) is 12.1 Å². The van der Waals surface area contributed by atoms with Gasteiger partial charge in [0.15, 0.2) is 0 Å². The largest absolute Gasteiger partial charge is 0.312 e. The smallest absolute Gasteiger partial charge is 0.237 e. The normalized spacial score (nSPS) is 19.6. The van der Waals surface area contributed by atoms with Crippen molar-refractivity contribution < 1.29 is 14.0 Å². The predicted molar refractivity (Wildman–Crippen MR) is 71.5 cm³/mol. The Hall–Kier alpha value is -1.71. The van der Waals surface area contributed by atoms with Gasteiger partial charge in [0.25, 0.3) is 0 Å². The van der Waals surface area contributed by atoms with Gasteiger partial charge in [-0.3, -0.25) is 9.59 Å². The molecule has 1 aliphatic heterocycles. The molecule has 0 spiro atoms. The molecule has 102 valence electrons. The molecule has 4 heteroatoms.